The summed E-state index contributed by atoms with van der Waals surface area (Å²) in [6.07, 6.45) is 0. The molecule has 1 aromatic carbocycles. The fourth-order valence-electron chi connectivity index (χ4n) is 1.44. The summed E-state index contributed by atoms with van der Waals surface area (Å²) >= 11 is 3.40. The minimum absolute atomic E-state index is 0.223. The number of hydrogen-bond donors (Lipinski definition) is 1. The third-order valence-corrected chi connectivity index (χ3v) is 3.04. The molecule has 0 bridgehead atoms. The van der Waals surface area contributed by atoms with Gasteiger partial charge >= 0.3 is 0 Å². The van der Waals surface area contributed by atoms with Crippen molar-refractivity contribution in [2.45, 2.75) is 32.9 Å². The van der Waals surface area contributed by atoms with Crippen LogP contribution in [0.3, 0.4) is 0 Å². The van der Waals surface area contributed by atoms with Gasteiger partial charge in [0, 0.05) is 4.47 Å². The van der Waals surface area contributed by atoms with Gasteiger partial charge in [0.05, 0.1) is 5.54 Å². The Kier molecular flexibility index (Phi) is 3.91. The van der Waals surface area contributed by atoms with Gasteiger partial charge in [-0.25, -0.2) is 0 Å². The molecule has 0 amide bonds. The highest BCUT2D eigenvalue weighted by Crippen LogP contribution is 2.23. The summed E-state index contributed by atoms with van der Waals surface area (Å²) in [5.41, 5.74) is 6.32. The zero-order chi connectivity index (χ0) is 14.0. The predicted molar refractivity (Wildman–Crippen MR) is 74.7 cm³/mol. The molecule has 5 nitrogen and oxygen atoms in total. The SMILES string of the molecule is Cc1ccc(Br)cc1OCc1nc(C(C)(C)N)no1. The third-order valence-electron chi connectivity index (χ3n) is 2.55. The van der Waals surface area contributed by atoms with Crippen LogP contribution in [0, 0.1) is 6.92 Å². The molecule has 2 rings (SSSR count). The second-order valence-electron chi connectivity index (χ2n) is 4.93. The van der Waals surface area contributed by atoms with Crippen LogP contribution in [0.15, 0.2) is 27.2 Å². The zero-order valence-electron chi connectivity index (χ0n) is 11.1. The van der Waals surface area contributed by atoms with E-state index in [9.17, 15) is 0 Å². The van der Waals surface area contributed by atoms with E-state index in [2.05, 4.69) is 26.1 Å². The van der Waals surface area contributed by atoms with Crippen LogP contribution in [0.5, 0.6) is 5.75 Å². The predicted octanol–water partition coefficient (Wildman–Crippen LogP) is 2.91. The first-order chi connectivity index (χ1) is 8.86. The highest BCUT2D eigenvalue weighted by atomic mass is 79.9. The summed E-state index contributed by atoms with van der Waals surface area (Å²) in [4.78, 5) is 4.21. The van der Waals surface area contributed by atoms with Crippen molar-refractivity contribution in [1.82, 2.24) is 10.1 Å². The second-order valence-corrected chi connectivity index (χ2v) is 5.85. The fourth-order valence-corrected chi connectivity index (χ4v) is 1.78. The van der Waals surface area contributed by atoms with Gasteiger partial charge < -0.3 is 15.0 Å². The molecule has 102 valence electrons. The van der Waals surface area contributed by atoms with Crippen molar-refractivity contribution in [3.63, 3.8) is 0 Å². The molecule has 0 unspecified atom stereocenters. The summed E-state index contributed by atoms with van der Waals surface area (Å²) in [5, 5.41) is 3.84. The largest absolute Gasteiger partial charge is 0.483 e. The zero-order valence-corrected chi connectivity index (χ0v) is 12.7. The molecule has 2 aromatic rings. The smallest absolute Gasteiger partial charge is 0.264 e. The Morgan fingerprint density at radius 3 is 2.79 bits per heavy atom. The van der Waals surface area contributed by atoms with Crippen molar-refractivity contribution in [2.24, 2.45) is 5.73 Å². The maximum atomic E-state index is 5.89. The first-order valence-electron chi connectivity index (χ1n) is 5.87. The lowest BCUT2D eigenvalue weighted by molar-refractivity contribution is 0.240. The van der Waals surface area contributed by atoms with Gasteiger partial charge in [0.1, 0.15) is 5.75 Å². The molecule has 0 aliphatic rings. The van der Waals surface area contributed by atoms with E-state index in [1.54, 1.807) is 0 Å². The summed E-state index contributed by atoms with van der Waals surface area (Å²) in [6.45, 7) is 5.84. The van der Waals surface area contributed by atoms with E-state index < -0.39 is 5.54 Å². The number of benzene rings is 1. The average molecular weight is 326 g/mol. The lowest BCUT2D eigenvalue weighted by Crippen LogP contribution is -2.30. The molecule has 0 radical (unpaired) electrons. The topological polar surface area (TPSA) is 74.2 Å². The molecule has 1 heterocycles. The van der Waals surface area contributed by atoms with Crippen LogP contribution in [0.4, 0.5) is 0 Å². The Labute approximate surface area is 120 Å². The minimum atomic E-state index is -0.618. The van der Waals surface area contributed by atoms with Gasteiger partial charge in [0.15, 0.2) is 12.4 Å². The second kappa shape index (κ2) is 5.30. The van der Waals surface area contributed by atoms with Crippen molar-refractivity contribution in [1.29, 1.82) is 0 Å². The summed E-state index contributed by atoms with van der Waals surface area (Å²) in [7, 11) is 0. The lowest BCUT2D eigenvalue weighted by atomic mass is 10.1. The molecular formula is C13H16BrN3O2. The maximum Gasteiger partial charge on any atom is 0.264 e. The van der Waals surface area contributed by atoms with E-state index in [1.807, 2.05) is 39.0 Å². The van der Waals surface area contributed by atoms with Crippen molar-refractivity contribution in [2.75, 3.05) is 0 Å². The van der Waals surface area contributed by atoms with Gasteiger partial charge in [-0.1, -0.05) is 27.2 Å². The molecule has 0 aliphatic heterocycles. The van der Waals surface area contributed by atoms with E-state index in [0.717, 1.165) is 15.8 Å². The number of hydrogen-bond acceptors (Lipinski definition) is 5. The highest BCUT2D eigenvalue weighted by molar-refractivity contribution is 9.10. The summed E-state index contributed by atoms with van der Waals surface area (Å²) < 4.78 is 11.7. The fraction of sp³-hybridized carbons (Fsp3) is 0.385. The molecule has 0 saturated heterocycles. The first-order valence-corrected chi connectivity index (χ1v) is 6.66. The number of nitrogens with zero attached hydrogens (tertiary/aromatic N) is 2. The van der Waals surface area contributed by atoms with E-state index in [0.29, 0.717) is 11.7 Å². The van der Waals surface area contributed by atoms with Gasteiger partial charge in [-0.05, 0) is 38.5 Å². The van der Waals surface area contributed by atoms with Crippen LogP contribution in [0.2, 0.25) is 0 Å². The van der Waals surface area contributed by atoms with E-state index in [4.69, 9.17) is 15.0 Å². The highest BCUT2D eigenvalue weighted by Gasteiger charge is 2.21. The Morgan fingerprint density at radius 2 is 2.16 bits per heavy atom. The number of ether oxygens (including phenoxy) is 1. The summed E-state index contributed by atoms with van der Waals surface area (Å²) in [5.74, 6) is 1.66. The molecular weight excluding hydrogens is 310 g/mol. The number of nitrogens with two attached hydrogens (primary N) is 1. The van der Waals surface area contributed by atoms with Crippen LogP contribution >= 0.6 is 15.9 Å². The van der Waals surface area contributed by atoms with Crippen molar-refractivity contribution in [3.05, 3.63) is 40.0 Å². The molecule has 19 heavy (non-hydrogen) atoms. The van der Waals surface area contributed by atoms with E-state index in [-0.39, 0.29) is 6.61 Å². The summed E-state index contributed by atoms with van der Waals surface area (Å²) in [6, 6.07) is 5.84. The molecule has 2 N–H and O–H groups in total. The third kappa shape index (κ3) is 3.54. The Hall–Kier alpha value is -1.40. The van der Waals surface area contributed by atoms with Crippen molar-refractivity contribution < 1.29 is 9.26 Å². The number of aryl methyl sites for hydroxylation is 1. The molecule has 0 atom stereocenters. The van der Waals surface area contributed by atoms with Crippen LogP contribution in [0.1, 0.15) is 31.1 Å². The van der Waals surface area contributed by atoms with Gasteiger partial charge in [0.25, 0.3) is 5.89 Å². The standard InChI is InChI=1S/C13H16BrN3O2/c1-8-4-5-9(14)6-10(8)18-7-11-16-12(17-19-11)13(2,3)15/h4-6H,7,15H2,1-3H3. The molecule has 6 heteroatoms. The van der Waals surface area contributed by atoms with Crippen molar-refractivity contribution >= 4 is 15.9 Å². The minimum Gasteiger partial charge on any atom is -0.483 e. The average Bonchev–Trinajstić information content (AvgIpc) is 2.79. The molecule has 0 saturated carbocycles. The van der Waals surface area contributed by atoms with Gasteiger partial charge in [0.2, 0.25) is 0 Å². The monoisotopic (exact) mass is 325 g/mol. The van der Waals surface area contributed by atoms with Crippen molar-refractivity contribution in [3.8, 4) is 5.75 Å². The quantitative estimate of drug-likeness (QED) is 0.935. The number of aromatic nitrogens is 2. The normalized spacial score (nSPS) is 11.6. The Balaban J connectivity index is 2.06. The lowest BCUT2D eigenvalue weighted by Gasteiger charge is -2.11. The van der Waals surface area contributed by atoms with Crippen LogP contribution < -0.4 is 10.5 Å². The van der Waals surface area contributed by atoms with Crippen LogP contribution in [0.25, 0.3) is 0 Å². The molecule has 1 aromatic heterocycles. The molecule has 0 spiro atoms. The molecule has 0 fully saturated rings. The number of rotatable bonds is 4. The molecule has 0 aliphatic carbocycles. The van der Waals surface area contributed by atoms with Gasteiger partial charge in [-0.2, -0.15) is 4.98 Å². The Bertz CT molecular complexity index is 576. The first kappa shape index (κ1) is 14.0. The van der Waals surface area contributed by atoms with Gasteiger partial charge in [-0.3, -0.25) is 0 Å². The van der Waals surface area contributed by atoms with E-state index >= 15 is 0 Å². The van der Waals surface area contributed by atoms with Crippen LogP contribution in [-0.4, -0.2) is 10.1 Å². The maximum absolute atomic E-state index is 5.89. The number of halogens is 1. The van der Waals surface area contributed by atoms with E-state index in [1.165, 1.54) is 0 Å². The van der Waals surface area contributed by atoms with Crippen LogP contribution in [-0.2, 0) is 12.1 Å². The van der Waals surface area contributed by atoms with Gasteiger partial charge in [-0.15, -0.1) is 0 Å². The Morgan fingerprint density at radius 1 is 1.42 bits per heavy atom.